The van der Waals surface area contributed by atoms with E-state index >= 15 is 0 Å². The van der Waals surface area contributed by atoms with Gasteiger partial charge in [0.05, 0.1) is 0 Å². The molecule has 2 aliphatic rings. The standard InChI is InChI=1S/C12H21N3O2/c1-9(16)15-7-3-5-11(15)12(17)14-6-2-4-10(13)8-14/h10-11H,2-8,13H2,1H3. The molecule has 2 heterocycles. The van der Waals surface area contributed by atoms with Gasteiger partial charge >= 0.3 is 0 Å². The maximum Gasteiger partial charge on any atom is 0.245 e. The highest BCUT2D eigenvalue weighted by molar-refractivity contribution is 5.87. The molecule has 0 saturated carbocycles. The number of nitrogens with two attached hydrogens (primary N) is 1. The van der Waals surface area contributed by atoms with Crippen LogP contribution in [0.5, 0.6) is 0 Å². The van der Waals surface area contributed by atoms with Crippen LogP contribution in [-0.2, 0) is 9.59 Å². The molecule has 2 aliphatic heterocycles. The molecular weight excluding hydrogens is 218 g/mol. The van der Waals surface area contributed by atoms with E-state index in [1.54, 1.807) is 4.90 Å². The summed E-state index contributed by atoms with van der Waals surface area (Å²) >= 11 is 0. The van der Waals surface area contributed by atoms with E-state index in [1.807, 2.05) is 4.90 Å². The lowest BCUT2D eigenvalue weighted by molar-refractivity contribution is -0.143. The van der Waals surface area contributed by atoms with E-state index in [0.29, 0.717) is 13.1 Å². The third kappa shape index (κ3) is 2.60. The van der Waals surface area contributed by atoms with E-state index in [4.69, 9.17) is 5.73 Å². The molecule has 2 amide bonds. The number of hydrogen-bond donors (Lipinski definition) is 1. The second-order valence-corrected chi connectivity index (χ2v) is 5.06. The van der Waals surface area contributed by atoms with Crippen molar-refractivity contribution in [1.82, 2.24) is 9.80 Å². The predicted octanol–water partition coefficient (Wildman–Crippen LogP) is -0.0530. The highest BCUT2D eigenvalue weighted by Crippen LogP contribution is 2.21. The van der Waals surface area contributed by atoms with Gasteiger partial charge in [-0.2, -0.15) is 0 Å². The van der Waals surface area contributed by atoms with Crippen LogP contribution in [0, 0.1) is 0 Å². The number of nitrogens with zero attached hydrogens (tertiary/aromatic N) is 2. The molecule has 2 fully saturated rings. The maximum absolute atomic E-state index is 12.3. The van der Waals surface area contributed by atoms with E-state index in [9.17, 15) is 9.59 Å². The summed E-state index contributed by atoms with van der Waals surface area (Å²) in [5.41, 5.74) is 5.88. The maximum atomic E-state index is 12.3. The van der Waals surface area contributed by atoms with E-state index in [0.717, 1.165) is 32.2 Å². The molecule has 0 aromatic rings. The number of hydrogen-bond acceptors (Lipinski definition) is 3. The van der Waals surface area contributed by atoms with Gasteiger partial charge in [0.25, 0.3) is 0 Å². The summed E-state index contributed by atoms with van der Waals surface area (Å²) in [5.74, 6) is 0.0926. The lowest BCUT2D eigenvalue weighted by atomic mass is 10.0. The lowest BCUT2D eigenvalue weighted by Gasteiger charge is -2.34. The molecule has 0 radical (unpaired) electrons. The monoisotopic (exact) mass is 239 g/mol. The van der Waals surface area contributed by atoms with Crippen LogP contribution in [0.4, 0.5) is 0 Å². The summed E-state index contributed by atoms with van der Waals surface area (Å²) in [5, 5.41) is 0. The summed E-state index contributed by atoms with van der Waals surface area (Å²) in [7, 11) is 0. The van der Waals surface area contributed by atoms with Crippen molar-refractivity contribution in [3.8, 4) is 0 Å². The second-order valence-electron chi connectivity index (χ2n) is 5.06. The van der Waals surface area contributed by atoms with Gasteiger partial charge < -0.3 is 15.5 Å². The van der Waals surface area contributed by atoms with Crippen LogP contribution >= 0.6 is 0 Å². The quantitative estimate of drug-likeness (QED) is 0.697. The summed E-state index contributed by atoms with van der Waals surface area (Å²) in [6, 6.07) is -0.141. The first-order valence-electron chi connectivity index (χ1n) is 6.41. The number of amides is 2. The Morgan fingerprint density at radius 1 is 1.18 bits per heavy atom. The van der Waals surface area contributed by atoms with Crippen LogP contribution in [0.2, 0.25) is 0 Å². The van der Waals surface area contributed by atoms with Crippen LogP contribution in [0.1, 0.15) is 32.6 Å². The molecule has 5 heteroatoms. The Balaban J connectivity index is 2.01. The van der Waals surface area contributed by atoms with E-state index < -0.39 is 0 Å². The van der Waals surface area contributed by atoms with Crippen molar-refractivity contribution < 1.29 is 9.59 Å². The van der Waals surface area contributed by atoms with Crippen LogP contribution in [0.3, 0.4) is 0 Å². The molecule has 17 heavy (non-hydrogen) atoms. The molecule has 0 aliphatic carbocycles. The minimum atomic E-state index is -0.238. The average Bonchev–Trinajstić information content (AvgIpc) is 2.77. The first-order chi connectivity index (χ1) is 8.09. The third-order valence-electron chi connectivity index (χ3n) is 3.71. The molecule has 0 aromatic carbocycles. The van der Waals surface area contributed by atoms with Crippen molar-refractivity contribution in [1.29, 1.82) is 0 Å². The Morgan fingerprint density at radius 2 is 1.88 bits per heavy atom. The number of piperidine rings is 1. The molecular formula is C12H21N3O2. The Kier molecular flexibility index (Phi) is 3.66. The fraction of sp³-hybridized carbons (Fsp3) is 0.833. The minimum Gasteiger partial charge on any atom is -0.339 e. The van der Waals surface area contributed by atoms with Crippen LogP contribution in [0.15, 0.2) is 0 Å². The highest BCUT2D eigenvalue weighted by atomic mass is 16.2. The van der Waals surface area contributed by atoms with Gasteiger partial charge in [-0.05, 0) is 25.7 Å². The van der Waals surface area contributed by atoms with Crippen molar-refractivity contribution >= 4 is 11.8 Å². The number of rotatable bonds is 1. The van der Waals surface area contributed by atoms with Gasteiger partial charge in [0.2, 0.25) is 11.8 Å². The van der Waals surface area contributed by atoms with Gasteiger partial charge in [0.15, 0.2) is 0 Å². The van der Waals surface area contributed by atoms with Crippen LogP contribution in [0.25, 0.3) is 0 Å². The molecule has 2 unspecified atom stereocenters. The number of likely N-dealkylation sites (tertiary alicyclic amines) is 2. The van der Waals surface area contributed by atoms with Crippen molar-refractivity contribution in [2.24, 2.45) is 5.73 Å². The van der Waals surface area contributed by atoms with E-state index in [-0.39, 0.29) is 23.9 Å². The van der Waals surface area contributed by atoms with E-state index in [1.165, 1.54) is 6.92 Å². The molecule has 2 N–H and O–H groups in total. The molecule has 5 nitrogen and oxygen atoms in total. The first-order valence-corrected chi connectivity index (χ1v) is 6.41. The van der Waals surface area contributed by atoms with Crippen molar-refractivity contribution in [2.75, 3.05) is 19.6 Å². The fourth-order valence-corrected chi connectivity index (χ4v) is 2.82. The zero-order chi connectivity index (χ0) is 12.4. The summed E-state index contributed by atoms with van der Waals surface area (Å²) in [6.45, 7) is 3.68. The Morgan fingerprint density at radius 3 is 2.53 bits per heavy atom. The second kappa shape index (κ2) is 5.04. The van der Waals surface area contributed by atoms with Gasteiger partial charge in [-0.3, -0.25) is 9.59 Å². The van der Waals surface area contributed by atoms with Crippen molar-refractivity contribution in [3.63, 3.8) is 0 Å². The van der Waals surface area contributed by atoms with Crippen molar-refractivity contribution in [3.05, 3.63) is 0 Å². The number of carbonyl (C=O) groups is 2. The summed E-state index contributed by atoms with van der Waals surface area (Å²) < 4.78 is 0. The molecule has 2 rings (SSSR count). The van der Waals surface area contributed by atoms with Gasteiger partial charge in [-0.15, -0.1) is 0 Å². The Labute approximate surface area is 102 Å². The molecule has 2 atom stereocenters. The Hall–Kier alpha value is -1.10. The molecule has 0 bridgehead atoms. The molecule has 96 valence electrons. The van der Waals surface area contributed by atoms with Crippen LogP contribution in [-0.4, -0.2) is 53.3 Å². The first kappa shape index (κ1) is 12.4. The van der Waals surface area contributed by atoms with Gasteiger partial charge in [-0.1, -0.05) is 0 Å². The van der Waals surface area contributed by atoms with Gasteiger partial charge in [0, 0.05) is 32.6 Å². The fourth-order valence-electron chi connectivity index (χ4n) is 2.82. The van der Waals surface area contributed by atoms with Gasteiger partial charge in [-0.25, -0.2) is 0 Å². The highest BCUT2D eigenvalue weighted by Gasteiger charge is 2.36. The largest absolute Gasteiger partial charge is 0.339 e. The zero-order valence-corrected chi connectivity index (χ0v) is 10.4. The smallest absolute Gasteiger partial charge is 0.245 e. The van der Waals surface area contributed by atoms with Crippen LogP contribution < -0.4 is 5.73 Å². The lowest BCUT2D eigenvalue weighted by Crippen LogP contribution is -2.52. The summed E-state index contributed by atoms with van der Waals surface area (Å²) in [4.78, 5) is 27.3. The van der Waals surface area contributed by atoms with Gasteiger partial charge in [0.1, 0.15) is 6.04 Å². The summed E-state index contributed by atoms with van der Waals surface area (Å²) in [6.07, 6.45) is 3.69. The minimum absolute atomic E-state index is 0.00200. The third-order valence-corrected chi connectivity index (χ3v) is 3.71. The van der Waals surface area contributed by atoms with Crippen molar-refractivity contribution in [2.45, 2.75) is 44.7 Å². The molecule has 0 aromatic heterocycles. The zero-order valence-electron chi connectivity index (χ0n) is 10.4. The molecule has 2 saturated heterocycles. The topological polar surface area (TPSA) is 66.6 Å². The average molecular weight is 239 g/mol. The predicted molar refractivity (Wildman–Crippen MR) is 64.2 cm³/mol. The SMILES string of the molecule is CC(=O)N1CCCC1C(=O)N1CCCC(N)C1. The van der Waals surface area contributed by atoms with E-state index in [2.05, 4.69) is 0 Å². The normalized spacial score (nSPS) is 29.5. The molecule has 0 spiro atoms. The number of carbonyl (C=O) groups excluding carboxylic acids is 2. The Bertz CT molecular complexity index is 319.